The van der Waals surface area contributed by atoms with E-state index in [2.05, 4.69) is 20.7 Å². The van der Waals surface area contributed by atoms with E-state index in [1.54, 1.807) is 12.1 Å². The zero-order valence-electron chi connectivity index (χ0n) is 11.2. The van der Waals surface area contributed by atoms with Crippen LogP contribution >= 0.6 is 15.9 Å². The smallest absolute Gasteiger partial charge is 0.263 e. The van der Waals surface area contributed by atoms with E-state index >= 15 is 0 Å². The van der Waals surface area contributed by atoms with E-state index in [1.807, 2.05) is 19.1 Å². The Morgan fingerprint density at radius 1 is 1.29 bits per heavy atom. The second-order valence-corrected chi connectivity index (χ2v) is 6.93. The first-order chi connectivity index (χ1) is 9.85. The molecule has 0 fully saturated rings. The summed E-state index contributed by atoms with van der Waals surface area (Å²) >= 11 is 3.05. The minimum Gasteiger partial charge on any atom is -0.396 e. The Morgan fingerprint density at radius 3 is 2.62 bits per heavy atom. The van der Waals surface area contributed by atoms with Crippen LogP contribution in [0.5, 0.6) is 0 Å². The van der Waals surface area contributed by atoms with Gasteiger partial charge in [0.15, 0.2) is 0 Å². The molecule has 0 aliphatic rings. The molecular weight excluding hydrogens is 359 g/mol. The molecule has 0 saturated carbocycles. The van der Waals surface area contributed by atoms with Crippen molar-refractivity contribution in [1.29, 1.82) is 0 Å². The lowest BCUT2D eigenvalue weighted by Gasteiger charge is -2.13. The summed E-state index contributed by atoms with van der Waals surface area (Å²) in [5, 5.41) is 0. The zero-order chi connectivity index (χ0) is 15.6. The quantitative estimate of drug-likeness (QED) is 0.806. The fourth-order valence-electron chi connectivity index (χ4n) is 1.88. The highest BCUT2D eigenvalue weighted by molar-refractivity contribution is 9.10. The van der Waals surface area contributed by atoms with E-state index in [0.717, 1.165) is 17.7 Å². The van der Waals surface area contributed by atoms with Crippen LogP contribution in [0.2, 0.25) is 0 Å². The van der Waals surface area contributed by atoms with Gasteiger partial charge in [-0.2, -0.15) is 0 Å². The number of hydrogen-bond donors (Lipinski definition) is 2. The molecule has 3 N–H and O–H groups in total. The maximum atomic E-state index is 13.3. The van der Waals surface area contributed by atoms with Gasteiger partial charge in [-0.3, -0.25) is 4.72 Å². The fraction of sp³-hybridized carbons (Fsp3) is 0.143. The summed E-state index contributed by atoms with van der Waals surface area (Å²) in [5.41, 5.74) is 6.59. The summed E-state index contributed by atoms with van der Waals surface area (Å²) in [6.45, 7) is 1.93. The monoisotopic (exact) mass is 372 g/mol. The van der Waals surface area contributed by atoms with Crippen LogP contribution in [0, 0.1) is 5.82 Å². The maximum Gasteiger partial charge on any atom is 0.263 e. The molecule has 4 nitrogen and oxygen atoms in total. The lowest BCUT2D eigenvalue weighted by molar-refractivity contribution is 0.599. The maximum absolute atomic E-state index is 13.3. The van der Waals surface area contributed by atoms with Gasteiger partial charge in [0.2, 0.25) is 0 Å². The third kappa shape index (κ3) is 3.36. The third-order valence-corrected chi connectivity index (χ3v) is 5.31. The second-order valence-electron chi connectivity index (χ2n) is 4.42. The average molecular weight is 373 g/mol. The number of nitrogens with one attached hydrogen (secondary N) is 1. The summed E-state index contributed by atoms with van der Waals surface area (Å²) in [6.07, 6.45) is 0.686. The number of halogens is 2. The molecule has 2 aromatic rings. The highest BCUT2D eigenvalue weighted by atomic mass is 79.9. The molecule has 7 heteroatoms. The summed E-state index contributed by atoms with van der Waals surface area (Å²) < 4.78 is 40.8. The van der Waals surface area contributed by atoms with Gasteiger partial charge in [-0.05, 0) is 46.1 Å². The number of nitrogen functional groups attached to an aromatic ring is 1. The van der Waals surface area contributed by atoms with Crippen LogP contribution < -0.4 is 10.5 Å². The second kappa shape index (κ2) is 6.03. The topological polar surface area (TPSA) is 72.2 Å². The Bertz CT molecular complexity index is 779. The van der Waals surface area contributed by atoms with Crippen molar-refractivity contribution >= 4 is 37.3 Å². The van der Waals surface area contributed by atoms with Crippen molar-refractivity contribution in [2.45, 2.75) is 18.2 Å². The molecule has 0 aromatic heterocycles. The fourth-order valence-corrected chi connectivity index (χ4v) is 4.03. The number of aryl methyl sites for hydroxylation is 1. The summed E-state index contributed by atoms with van der Waals surface area (Å²) in [7, 11) is -3.86. The van der Waals surface area contributed by atoms with E-state index < -0.39 is 15.8 Å². The van der Waals surface area contributed by atoms with Gasteiger partial charge < -0.3 is 5.73 Å². The molecule has 2 rings (SSSR count). The van der Waals surface area contributed by atoms with Gasteiger partial charge in [-0.25, -0.2) is 12.8 Å². The number of anilines is 2. The zero-order valence-corrected chi connectivity index (χ0v) is 13.6. The van der Waals surface area contributed by atoms with E-state index in [4.69, 9.17) is 5.73 Å². The van der Waals surface area contributed by atoms with Crippen molar-refractivity contribution in [3.8, 4) is 0 Å². The van der Waals surface area contributed by atoms with Crippen LogP contribution in [0.1, 0.15) is 12.5 Å². The largest absolute Gasteiger partial charge is 0.396 e. The predicted molar refractivity (Wildman–Crippen MR) is 85.1 cm³/mol. The predicted octanol–water partition coefficient (Wildman–Crippen LogP) is 3.53. The molecule has 0 heterocycles. The lowest BCUT2D eigenvalue weighted by atomic mass is 10.1. The number of nitrogens with two attached hydrogens (primary N) is 1. The minimum absolute atomic E-state index is 0.104. The molecule has 2 aromatic carbocycles. The van der Waals surface area contributed by atoms with Crippen molar-refractivity contribution in [1.82, 2.24) is 0 Å². The van der Waals surface area contributed by atoms with E-state index in [9.17, 15) is 12.8 Å². The van der Waals surface area contributed by atoms with Crippen LogP contribution in [0.15, 0.2) is 45.8 Å². The van der Waals surface area contributed by atoms with Gasteiger partial charge in [0.05, 0.1) is 11.4 Å². The molecule has 0 saturated heterocycles. The Kier molecular flexibility index (Phi) is 4.53. The third-order valence-electron chi connectivity index (χ3n) is 2.98. The van der Waals surface area contributed by atoms with Crippen LogP contribution in [-0.4, -0.2) is 8.42 Å². The molecule has 0 aliphatic heterocycles. The lowest BCUT2D eigenvalue weighted by Crippen LogP contribution is -2.15. The normalized spacial score (nSPS) is 11.4. The van der Waals surface area contributed by atoms with E-state index in [0.29, 0.717) is 12.1 Å². The van der Waals surface area contributed by atoms with Crippen molar-refractivity contribution < 1.29 is 12.8 Å². The number of para-hydroxylation sites is 1. The highest BCUT2D eigenvalue weighted by Crippen LogP contribution is 2.29. The Hall–Kier alpha value is -1.60. The first kappa shape index (κ1) is 15.8. The molecule has 0 amide bonds. The van der Waals surface area contributed by atoms with Crippen LogP contribution in [0.25, 0.3) is 0 Å². The van der Waals surface area contributed by atoms with Crippen LogP contribution in [0.3, 0.4) is 0 Å². The summed E-state index contributed by atoms with van der Waals surface area (Å²) in [6, 6.07) is 9.22. The summed E-state index contributed by atoms with van der Waals surface area (Å²) in [4.78, 5) is -0.104. The van der Waals surface area contributed by atoms with Gasteiger partial charge in [0.1, 0.15) is 10.7 Å². The molecule has 0 unspecified atom stereocenters. The molecule has 0 bridgehead atoms. The number of benzene rings is 2. The standard InChI is InChI=1S/C14H14BrFN2O2S/c1-2-9-5-3-4-6-13(9)18-21(19,20)14-8-12(17)11(16)7-10(14)15/h3-8,18H,2,17H2,1H3. The molecular formula is C14H14BrFN2O2S. The van der Waals surface area contributed by atoms with E-state index in [1.165, 1.54) is 0 Å². The van der Waals surface area contributed by atoms with Crippen molar-refractivity contribution in [2.75, 3.05) is 10.5 Å². The number of hydrogen-bond acceptors (Lipinski definition) is 3. The van der Waals surface area contributed by atoms with Crippen molar-refractivity contribution in [3.05, 3.63) is 52.3 Å². The van der Waals surface area contributed by atoms with Crippen LogP contribution in [0.4, 0.5) is 15.8 Å². The van der Waals surface area contributed by atoms with Gasteiger partial charge >= 0.3 is 0 Å². The molecule has 0 spiro atoms. The van der Waals surface area contributed by atoms with Gasteiger partial charge in [0.25, 0.3) is 10.0 Å². The molecule has 112 valence electrons. The first-order valence-electron chi connectivity index (χ1n) is 6.20. The van der Waals surface area contributed by atoms with Crippen molar-refractivity contribution in [3.63, 3.8) is 0 Å². The Labute approximate surface area is 131 Å². The minimum atomic E-state index is -3.86. The van der Waals surface area contributed by atoms with Crippen molar-refractivity contribution in [2.24, 2.45) is 0 Å². The molecule has 21 heavy (non-hydrogen) atoms. The molecule has 0 radical (unpaired) electrons. The SMILES string of the molecule is CCc1ccccc1NS(=O)(=O)c1cc(N)c(F)cc1Br. The Morgan fingerprint density at radius 2 is 1.95 bits per heavy atom. The summed E-state index contributed by atoms with van der Waals surface area (Å²) in [5.74, 6) is -0.671. The van der Waals surface area contributed by atoms with Gasteiger partial charge in [-0.15, -0.1) is 0 Å². The molecule has 0 aliphatic carbocycles. The number of sulfonamides is 1. The molecule has 0 atom stereocenters. The average Bonchev–Trinajstić information content (AvgIpc) is 2.43. The Balaban J connectivity index is 2.46. The number of rotatable bonds is 4. The van der Waals surface area contributed by atoms with Gasteiger partial charge in [-0.1, -0.05) is 25.1 Å². The van der Waals surface area contributed by atoms with Crippen LogP contribution in [-0.2, 0) is 16.4 Å². The van der Waals surface area contributed by atoms with Gasteiger partial charge in [0, 0.05) is 4.47 Å². The van der Waals surface area contributed by atoms with E-state index in [-0.39, 0.29) is 15.1 Å². The first-order valence-corrected chi connectivity index (χ1v) is 8.48. The highest BCUT2D eigenvalue weighted by Gasteiger charge is 2.20.